The molecule has 15 heavy (non-hydrogen) atoms. The summed E-state index contributed by atoms with van der Waals surface area (Å²) >= 11 is 5.67. The minimum absolute atomic E-state index is 0.298. The van der Waals surface area contributed by atoms with Gasteiger partial charge in [0, 0.05) is 11.4 Å². The van der Waals surface area contributed by atoms with Gasteiger partial charge in [0.05, 0.1) is 0 Å². The molecule has 0 bridgehead atoms. The molecule has 0 aliphatic carbocycles. The summed E-state index contributed by atoms with van der Waals surface area (Å²) in [6, 6.07) is 7.51. The van der Waals surface area contributed by atoms with E-state index in [0.717, 1.165) is 11.1 Å². The molecule has 0 saturated carbocycles. The zero-order valence-electron chi connectivity index (χ0n) is 7.81. The van der Waals surface area contributed by atoms with Crippen LogP contribution >= 0.6 is 11.6 Å². The highest BCUT2D eigenvalue weighted by atomic mass is 35.5. The lowest BCUT2D eigenvalue weighted by molar-refractivity contribution is 0.111. The molecule has 0 N–H and O–H groups in total. The summed E-state index contributed by atoms with van der Waals surface area (Å²) < 4.78 is 5.14. The van der Waals surface area contributed by atoms with Crippen molar-refractivity contribution in [3.05, 3.63) is 41.8 Å². The molecule has 76 valence electrons. The number of carbonyl (C=O) groups is 1. The lowest BCUT2D eigenvalue weighted by Crippen LogP contribution is -1.82. The molecule has 0 radical (unpaired) electrons. The maximum Gasteiger partial charge on any atom is 0.226 e. The van der Waals surface area contributed by atoms with Crippen LogP contribution in [0.3, 0.4) is 0 Å². The number of oxazole rings is 1. The highest BCUT2D eigenvalue weighted by Crippen LogP contribution is 2.19. The van der Waals surface area contributed by atoms with Crippen LogP contribution in [0.1, 0.15) is 16.1 Å². The molecule has 0 saturated heterocycles. The first-order valence-corrected chi connectivity index (χ1v) is 4.93. The summed E-state index contributed by atoms with van der Waals surface area (Å²) in [6.07, 6.45) is 1.98. The number of hydrogen-bond acceptors (Lipinski definition) is 3. The van der Waals surface area contributed by atoms with Gasteiger partial charge in [-0.05, 0) is 17.7 Å². The Morgan fingerprint density at radius 3 is 2.60 bits per heavy atom. The van der Waals surface area contributed by atoms with Crippen LogP contribution in [0.25, 0.3) is 11.5 Å². The molecule has 2 aromatic rings. The summed E-state index contributed by atoms with van der Waals surface area (Å²) in [5.74, 6) is 0.920. The van der Waals surface area contributed by atoms with Crippen molar-refractivity contribution in [3.8, 4) is 11.5 Å². The van der Waals surface area contributed by atoms with E-state index in [2.05, 4.69) is 4.98 Å². The molecule has 0 aliphatic heterocycles. The largest absolute Gasteiger partial charge is 0.444 e. The van der Waals surface area contributed by atoms with E-state index in [4.69, 9.17) is 16.0 Å². The molecular weight excluding hydrogens is 214 g/mol. The van der Waals surface area contributed by atoms with Gasteiger partial charge in [-0.25, -0.2) is 4.98 Å². The average Bonchev–Trinajstić information content (AvgIpc) is 2.78. The highest BCUT2D eigenvalue weighted by molar-refractivity contribution is 6.17. The van der Waals surface area contributed by atoms with E-state index in [9.17, 15) is 4.79 Å². The van der Waals surface area contributed by atoms with Crippen molar-refractivity contribution in [2.75, 3.05) is 0 Å². The number of halogens is 1. The molecule has 1 aromatic carbocycles. The molecule has 0 atom stereocenters. The number of nitrogens with zero attached hydrogens (tertiary/aromatic N) is 1. The average molecular weight is 222 g/mol. The molecule has 0 fully saturated rings. The van der Waals surface area contributed by atoms with Crippen LogP contribution in [0, 0.1) is 0 Å². The van der Waals surface area contributed by atoms with Gasteiger partial charge in [-0.2, -0.15) is 0 Å². The fourth-order valence-corrected chi connectivity index (χ4v) is 1.39. The van der Waals surface area contributed by atoms with Gasteiger partial charge in [0.1, 0.15) is 12.0 Å². The Kier molecular flexibility index (Phi) is 2.83. The van der Waals surface area contributed by atoms with E-state index in [0.29, 0.717) is 23.8 Å². The zero-order chi connectivity index (χ0) is 10.7. The third-order valence-corrected chi connectivity index (χ3v) is 2.31. The van der Waals surface area contributed by atoms with Crippen molar-refractivity contribution in [1.29, 1.82) is 0 Å². The zero-order valence-corrected chi connectivity index (χ0v) is 8.57. The van der Waals surface area contributed by atoms with E-state index < -0.39 is 0 Å². The summed E-state index contributed by atoms with van der Waals surface area (Å²) in [4.78, 5) is 14.4. The molecule has 2 rings (SSSR count). The second-order valence-corrected chi connectivity index (χ2v) is 3.29. The topological polar surface area (TPSA) is 43.1 Å². The number of rotatable bonds is 3. The Hall–Kier alpha value is -1.61. The predicted octanol–water partition coefficient (Wildman–Crippen LogP) is 2.89. The van der Waals surface area contributed by atoms with Gasteiger partial charge >= 0.3 is 0 Å². The Morgan fingerprint density at radius 2 is 2.07 bits per heavy atom. The van der Waals surface area contributed by atoms with Crippen LogP contribution in [0.4, 0.5) is 0 Å². The van der Waals surface area contributed by atoms with Crippen LogP contribution in [0.15, 0.2) is 34.9 Å². The maximum absolute atomic E-state index is 10.4. The van der Waals surface area contributed by atoms with Crippen molar-refractivity contribution in [3.63, 3.8) is 0 Å². The molecule has 0 aliphatic rings. The first kappa shape index (κ1) is 9.93. The molecule has 3 nitrogen and oxygen atoms in total. The van der Waals surface area contributed by atoms with Crippen molar-refractivity contribution >= 4 is 17.9 Å². The van der Waals surface area contributed by atoms with Crippen molar-refractivity contribution in [2.45, 2.75) is 5.88 Å². The van der Waals surface area contributed by atoms with Crippen LogP contribution in [-0.4, -0.2) is 11.3 Å². The van der Waals surface area contributed by atoms with E-state index in [1.807, 2.05) is 24.3 Å². The number of aromatic nitrogens is 1. The summed E-state index contributed by atoms with van der Waals surface area (Å²) in [5, 5.41) is 0. The summed E-state index contributed by atoms with van der Waals surface area (Å²) in [5.41, 5.74) is 2.16. The summed E-state index contributed by atoms with van der Waals surface area (Å²) in [7, 11) is 0. The van der Waals surface area contributed by atoms with E-state index in [1.54, 1.807) is 0 Å². The fraction of sp³-hybridized carbons (Fsp3) is 0.0909. The van der Waals surface area contributed by atoms with E-state index in [1.165, 1.54) is 6.26 Å². The normalized spacial score (nSPS) is 10.2. The SMILES string of the molecule is O=Cc1coc(-c2ccc(CCl)cc2)n1. The summed E-state index contributed by atoms with van der Waals surface area (Å²) in [6.45, 7) is 0. The molecule has 0 amide bonds. The number of carbonyl (C=O) groups excluding carboxylic acids is 1. The van der Waals surface area contributed by atoms with Crippen LogP contribution in [0.5, 0.6) is 0 Å². The van der Waals surface area contributed by atoms with Crippen LogP contribution in [-0.2, 0) is 5.88 Å². The van der Waals surface area contributed by atoms with Crippen LogP contribution < -0.4 is 0 Å². The van der Waals surface area contributed by atoms with Gasteiger partial charge in [-0.1, -0.05) is 12.1 Å². The van der Waals surface area contributed by atoms with Crippen LogP contribution in [0.2, 0.25) is 0 Å². The second-order valence-electron chi connectivity index (χ2n) is 3.03. The maximum atomic E-state index is 10.4. The van der Waals surface area contributed by atoms with Crippen molar-refractivity contribution in [1.82, 2.24) is 4.98 Å². The van der Waals surface area contributed by atoms with Gasteiger partial charge < -0.3 is 4.42 Å². The Morgan fingerprint density at radius 1 is 1.33 bits per heavy atom. The lowest BCUT2D eigenvalue weighted by atomic mass is 10.1. The highest BCUT2D eigenvalue weighted by Gasteiger charge is 2.05. The number of hydrogen-bond donors (Lipinski definition) is 0. The van der Waals surface area contributed by atoms with Crippen molar-refractivity contribution in [2.24, 2.45) is 0 Å². The predicted molar refractivity (Wildman–Crippen MR) is 56.9 cm³/mol. The molecule has 0 spiro atoms. The van der Waals surface area contributed by atoms with Gasteiger partial charge in [-0.15, -0.1) is 11.6 Å². The Bertz CT molecular complexity index is 462. The van der Waals surface area contributed by atoms with Gasteiger partial charge in [0.2, 0.25) is 5.89 Å². The fourth-order valence-electron chi connectivity index (χ4n) is 1.21. The molecule has 4 heteroatoms. The molecule has 0 unspecified atom stereocenters. The van der Waals surface area contributed by atoms with Crippen molar-refractivity contribution < 1.29 is 9.21 Å². The third kappa shape index (κ3) is 2.07. The van der Waals surface area contributed by atoms with E-state index >= 15 is 0 Å². The molecule has 1 aromatic heterocycles. The monoisotopic (exact) mass is 221 g/mol. The first-order chi connectivity index (χ1) is 7.33. The Balaban J connectivity index is 2.32. The second kappa shape index (κ2) is 4.28. The number of aldehydes is 1. The number of alkyl halides is 1. The van der Waals surface area contributed by atoms with Gasteiger partial charge in [0.15, 0.2) is 6.29 Å². The lowest BCUT2D eigenvalue weighted by Gasteiger charge is -1.96. The molecule has 1 heterocycles. The van der Waals surface area contributed by atoms with E-state index in [-0.39, 0.29) is 0 Å². The molecular formula is C11H8ClNO2. The number of benzene rings is 1. The third-order valence-electron chi connectivity index (χ3n) is 2.00. The standard InChI is InChI=1S/C11H8ClNO2/c12-5-8-1-3-9(4-2-8)11-13-10(6-14)7-15-11/h1-4,6-7H,5H2. The minimum atomic E-state index is 0.298. The quantitative estimate of drug-likeness (QED) is 0.591. The first-order valence-electron chi connectivity index (χ1n) is 4.39. The smallest absolute Gasteiger partial charge is 0.226 e. The minimum Gasteiger partial charge on any atom is -0.444 e. The van der Waals surface area contributed by atoms with Gasteiger partial charge in [-0.3, -0.25) is 4.79 Å². The Labute approximate surface area is 91.7 Å². The van der Waals surface area contributed by atoms with Gasteiger partial charge in [0.25, 0.3) is 0 Å².